The van der Waals surface area contributed by atoms with Gasteiger partial charge in [-0.25, -0.2) is 0 Å². The van der Waals surface area contributed by atoms with Crippen LogP contribution in [-0.4, -0.2) is 35.3 Å². The molecule has 1 heterocycles. The van der Waals surface area contributed by atoms with Crippen molar-refractivity contribution in [3.05, 3.63) is 81.6 Å². The van der Waals surface area contributed by atoms with Crippen molar-refractivity contribution in [1.29, 1.82) is 0 Å². The Morgan fingerprint density at radius 2 is 1.93 bits per heavy atom. The molecule has 0 radical (unpaired) electrons. The van der Waals surface area contributed by atoms with Gasteiger partial charge in [-0.2, -0.15) is 0 Å². The van der Waals surface area contributed by atoms with Crippen molar-refractivity contribution >= 4 is 28.2 Å². The van der Waals surface area contributed by atoms with Crippen molar-refractivity contribution in [3.8, 4) is 0 Å². The van der Waals surface area contributed by atoms with Gasteiger partial charge in [-0.1, -0.05) is 48.5 Å². The van der Waals surface area contributed by atoms with Gasteiger partial charge in [-0.05, 0) is 48.1 Å². The zero-order valence-corrected chi connectivity index (χ0v) is 17.7. The summed E-state index contributed by atoms with van der Waals surface area (Å²) in [7, 11) is 1.69. The molecule has 6 heteroatoms. The molecule has 2 N–H and O–H groups in total. The first-order chi connectivity index (χ1) is 14.1. The van der Waals surface area contributed by atoms with Gasteiger partial charge in [0.25, 0.3) is 5.56 Å². The predicted molar refractivity (Wildman–Crippen MR) is 122 cm³/mol. The van der Waals surface area contributed by atoms with Crippen LogP contribution in [0, 0.1) is 6.92 Å². The van der Waals surface area contributed by atoms with Crippen molar-refractivity contribution in [3.63, 3.8) is 0 Å². The number of aryl methyl sites for hydroxylation is 1. The lowest BCUT2D eigenvalue weighted by Gasteiger charge is -2.26. The van der Waals surface area contributed by atoms with E-state index in [9.17, 15) is 4.79 Å². The number of nitrogens with zero attached hydrogens (tertiary/aromatic N) is 1. The number of nitrogens with one attached hydrogen (secondary N) is 2. The molecule has 152 valence electrons. The number of rotatable bonds is 8. The number of H-pyrrole nitrogens is 1. The number of aromatic nitrogens is 1. The van der Waals surface area contributed by atoms with Gasteiger partial charge in [0.1, 0.15) is 0 Å². The standard InChI is InChI=1S/C23H27N3O2S/c1-17-8-6-11-19-14-20(22(27)25-21(17)19)16-26(15-18-9-4-3-5-10-18)23(29)24-12-7-13-28-2/h3-6,8-11,14H,7,12-13,15-16H2,1-2H3,(H,24,29)(H,25,27). The molecular formula is C23H27N3O2S. The molecule has 0 saturated heterocycles. The molecule has 2 aromatic carbocycles. The van der Waals surface area contributed by atoms with E-state index >= 15 is 0 Å². The quantitative estimate of drug-likeness (QED) is 0.438. The molecule has 0 fully saturated rings. The van der Waals surface area contributed by atoms with Gasteiger partial charge in [-0.15, -0.1) is 0 Å². The number of methoxy groups -OCH3 is 1. The van der Waals surface area contributed by atoms with Crippen molar-refractivity contribution in [1.82, 2.24) is 15.2 Å². The summed E-state index contributed by atoms with van der Waals surface area (Å²) in [5, 5.41) is 4.95. The molecule has 3 rings (SSSR count). The van der Waals surface area contributed by atoms with Crippen LogP contribution in [0.2, 0.25) is 0 Å². The Labute approximate surface area is 176 Å². The summed E-state index contributed by atoms with van der Waals surface area (Å²) in [6.45, 7) is 4.47. The fraction of sp³-hybridized carbons (Fsp3) is 0.304. The van der Waals surface area contributed by atoms with Crippen molar-refractivity contribution in [2.24, 2.45) is 0 Å². The first kappa shape index (κ1) is 21.0. The van der Waals surface area contributed by atoms with Crippen LogP contribution in [0.3, 0.4) is 0 Å². The number of hydrogen-bond acceptors (Lipinski definition) is 3. The summed E-state index contributed by atoms with van der Waals surface area (Å²) in [6.07, 6.45) is 0.867. The monoisotopic (exact) mass is 409 g/mol. The van der Waals surface area contributed by atoms with Crippen LogP contribution in [0.5, 0.6) is 0 Å². The molecule has 0 unspecified atom stereocenters. The Morgan fingerprint density at radius 3 is 2.69 bits per heavy atom. The summed E-state index contributed by atoms with van der Waals surface area (Å²) < 4.78 is 5.10. The number of fused-ring (bicyclic) bond motifs is 1. The number of aromatic amines is 1. The van der Waals surface area contributed by atoms with Crippen molar-refractivity contribution < 1.29 is 4.74 Å². The summed E-state index contributed by atoms with van der Waals surface area (Å²) in [4.78, 5) is 17.8. The maximum atomic E-state index is 12.7. The summed E-state index contributed by atoms with van der Waals surface area (Å²) in [5.74, 6) is 0. The van der Waals surface area contributed by atoms with E-state index in [0.29, 0.717) is 30.4 Å². The lowest BCUT2D eigenvalue weighted by atomic mass is 10.1. The minimum absolute atomic E-state index is 0.0768. The van der Waals surface area contributed by atoms with E-state index in [1.165, 1.54) is 0 Å². The third-order valence-corrected chi connectivity index (χ3v) is 5.23. The lowest BCUT2D eigenvalue weighted by molar-refractivity contribution is 0.195. The largest absolute Gasteiger partial charge is 0.385 e. The van der Waals surface area contributed by atoms with E-state index in [1.807, 2.05) is 54.3 Å². The third-order valence-electron chi connectivity index (χ3n) is 4.83. The number of para-hydroxylation sites is 1. The molecule has 0 spiro atoms. The minimum Gasteiger partial charge on any atom is -0.385 e. The fourth-order valence-corrected chi connectivity index (χ4v) is 3.51. The van der Waals surface area contributed by atoms with Gasteiger partial charge in [0.05, 0.1) is 12.1 Å². The topological polar surface area (TPSA) is 57.4 Å². The smallest absolute Gasteiger partial charge is 0.253 e. The van der Waals surface area contributed by atoms with Gasteiger partial charge >= 0.3 is 0 Å². The van der Waals surface area contributed by atoms with Crippen LogP contribution in [0.4, 0.5) is 0 Å². The van der Waals surface area contributed by atoms with Gasteiger partial charge in [0.15, 0.2) is 5.11 Å². The van der Waals surface area contributed by atoms with Crippen LogP contribution in [-0.2, 0) is 17.8 Å². The summed E-state index contributed by atoms with van der Waals surface area (Å²) in [6, 6.07) is 18.1. The van der Waals surface area contributed by atoms with Crippen LogP contribution in [0.25, 0.3) is 10.9 Å². The Kier molecular flexibility index (Phi) is 7.38. The molecule has 0 saturated carbocycles. The van der Waals surface area contributed by atoms with E-state index in [0.717, 1.165) is 35.0 Å². The average Bonchev–Trinajstić information content (AvgIpc) is 2.72. The van der Waals surface area contributed by atoms with E-state index in [4.69, 9.17) is 17.0 Å². The number of pyridine rings is 1. The normalized spacial score (nSPS) is 10.8. The van der Waals surface area contributed by atoms with Crippen LogP contribution >= 0.6 is 12.2 Å². The highest BCUT2D eigenvalue weighted by molar-refractivity contribution is 7.80. The maximum absolute atomic E-state index is 12.7. The molecule has 0 aliphatic rings. The van der Waals surface area contributed by atoms with E-state index in [-0.39, 0.29) is 5.56 Å². The first-order valence-corrected chi connectivity index (χ1v) is 10.2. The summed E-state index contributed by atoms with van der Waals surface area (Å²) in [5.41, 5.74) is 3.70. The zero-order chi connectivity index (χ0) is 20.6. The second-order valence-corrected chi connectivity index (χ2v) is 7.47. The second-order valence-electron chi connectivity index (χ2n) is 7.08. The van der Waals surface area contributed by atoms with Crippen LogP contribution in [0.15, 0.2) is 59.4 Å². The molecule has 0 bridgehead atoms. The second kappa shape index (κ2) is 10.2. The van der Waals surface area contributed by atoms with Crippen LogP contribution < -0.4 is 10.9 Å². The van der Waals surface area contributed by atoms with Crippen molar-refractivity contribution in [2.45, 2.75) is 26.4 Å². The number of benzene rings is 2. The Hall–Kier alpha value is -2.70. The maximum Gasteiger partial charge on any atom is 0.253 e. The lowest BCUT2D eigenvalue weighted by Crippen LogP contribution is -2.40. The van der Waals surface area contributed by atoms with Crippen molar-refractivity contribution in [2.75, 3.05) is 20.3 Å². The average molecular weight is 410 g/mol. The predicted octanol–water partition coefficient (Wildman–Crippen LogP) is 3.75. The molecule has 0 aliphatic heterocycles. The van der Waals surface area contributed by atoms with E-state index in [2.05, 4.69) is 22.4 Å². The minimum atomic E-state index is -0.0768. The van der Waals surface area contributed by atoms with E-state index in [1.54, 1.807) is 7.11 Å². The number of hydrogen-bond donors (Lipinski definition) is 2. The molecule has 1 aromatic heterocycles. The Morgan fingerprint density at radius 1 is 1.14 bits per heavy atom. The number of ether oxygens (including phenoxy) is 1. The highest BCUT2D eigenvalue weighted by Gasteiger charge is 2.14. The molecule has 5 nitrogen and oxygen atoms in total. The van der Waals surface area contributed by atoms with Gasteiger partial charge < -0.3 is 19.9 Å². The SMILES string of the molecule is COCCCNC(=S)N(Cc1ccccc1)Cc1cc2cccc(C)c2[nH]c1=O. The molecule has 0 amide bonds. The molecule has 0 aliphatic carbocycles. The van der Waals surface area contributed by atoms with Crippen LogP contribution in [0.1, 0.15) is 23.1 Å². The molecule has 0 atom stereocenters. The van der Waals surface area contributed by atoms with E-state index < -0.39 is 0 Å². The van der Waals surface area contributed by atoms with Gasteiger partial charge in [0, 0.05) is 32.4 Å². The molecule has 3 aromatic rings. The number of thiocarbonyl (C=S) groups is 1. The zero-order valence-electron chi connectivity index (χ0n) is 16.9. The Bertz CT molecular complexity index is 1020. The first-order valence-electron chi connectivity index (χ1n) is 9.75. The van der Waals surface area contributed by atoms with Gasteiger partial charge in [-0.3, -0.25) is 4.79 Å². The fourth-order valence-electron chi connectivity index (χ4n) is 3.28. The third kappa shape index (κ3) is 5.65. The molecule has 29 heavy (non-hydrogen) atoms. The highest BCUT2D eigenvalue weighted by atomic mass is 32.1. The molecular weight excluding hydrogens is 382 g/mol. The summed E-state index contributed by atoms with van der Waals surface area (Å²) >= 11 is 5.65. The van der Waals surface area contributed by atoms with Gasteiger partial charge in [0.2, 0.25) is 0 Å². The Balaban J connectivity index is 1.83. The highest BCUT2D eigenvalue weighted by Crippen LogP contribution is 2.16.